The molecular weight excluding hydrogens is 609 g/mol. The predicted octanol–water partition coefficient (Wildman–Crippen LogP) is 4.41. The Morgan fingerprint density at radius 1 is 1.25 bits per heavy atom. The van der Waals surface area contributed by atoms with E-state index >= 15 is 4.39 Å². The molecule has 44 heavy (non-hydrogen) atoms. The number of carbonyl (C=O) groups excluding carboxylic acids is 2. The summed E-state index contributed by atoms with van der Waals surface area (Å²) in [4.78, 5) is 44.6. The van der Waals surface area contributed by atoms with Gasteiger partial charge in [-0.05, 0) is 48.9 Å². The van der Waals surface area contributed by atoms with Crippen LogP contribution in [0.2, 0.25) is 0 Å². The summed E-state index contributed by atoms with van der Waals surface area (Å²) in [6, 6.07) is 2.55. The van der Waals surface area contributed by atoms with Crippen molar-refractivity contribution in [3.8, 4) is 11.4 Å². The number of esters is 1. The van der Waals surface area contributed by atoms with Crippen LogP contribution in [0.5, 0.6) is 0 Å². The molecule has 0 saturated carbocycles. The van der Waals surface area contributed by atoms with Gasteiger partial charge in [0.25, 0.3) is 5.56 Å². The van der Waals surface area contributed by atoms with Crippen molar-refractivity contribution in [1.29, 1.82) is 0 Å². The fraction of sp³-hybridized carbons (Fsp3) is 0.484. The Hall–Kier alpha value is -3.13. The summed E-state index contributed by atoms with van der Waals surface area (Å²) < 4.78 is 33.3. The first kappa shape index (κ1) is 29.6. The molecule has 3 aliphatic heterocycles. The normalized spacial score (nSPS) is 24.9. The van der Waals surface area contributed by atoms with Gasteiger partial charge < -0.3 is 29.2 Å². The van der Waals surface area contributed by atoms with Crippen LogP contribution in [0.4, 0.5) is 9.18 Å². The molecule has 0 bridgehead atoms. The number of halogens is 1. The molecule has 5 heterocycles. The fourth-order valence-corrected chi connectivity index (χ4v) is 9.07. The third-order valence-electron chi connectivity index (χ3n) is 9.22. The van der Waals surface area contributed by atoms with E-state index in [0.29, 0.717) is 48.5 Å². The van der Waals surface area contributed by atoms with Gasteiger partial charge in [0.1, 0.15) is 18.5 Å². The first-order valence-electron chi connectivity index (χ1n) is 14.8. The van der Waals surface area contributed by atoms with Gasteiger partial charge >= 0.3 is 12.1 Å². The Bertz CT molecular complexity index is 1800. The number of aryl methyl sites for hydroxylation is 1. The van der Waals surface area contributed by atoms with Crippen molar-refractivity contribution in [2.75, 3.05) is 19.0 Å². The molecule has 1 aliphatic carbocycles. The molecule has 10 nitrogen and oxygen atoms in total. The molecule has 1 fully saturated rings. The number of hydrogen-bond acceptors (Lipinski definition) is 10. The summed E-state index contributed by atoms with van der Waals surface area (Å²) in [5.74, 6) is -0.251. The molecule has 4 aliphatic rings. The molecule has 0 radical (unpaired) electrons. The van der Waals surface area contributed by atoms with Gasteiger partial charge in [0.05, 0.1) is 53.5 Å². The van der Waals surface area contributed by atoms with Crippen LogP contribution >= 0.6 is 21.6 Å². The lowest BCUT2D eigenvalue weighted by Gasteiger charge is -2.31. The van der Waals surface area contributed by atoms with Crippen molar-refractivity contribution in [2.45, 2.75) is 76.2 Å². The number of ether oxygens (including phenoxy) is 3. The standard InChI is InChI=1S/C31H32FN3O7S2/c1-4-31(39)18-8-22-27-16(10-35(22)28(36)17(18)11-41-29(31)37)26-20(7-6-15-14(3)19(32)9-21(33-27)25(15)26)34-30(38)42-23-12-40-13-24(23)44-43-5-2/h8-9,20,23-24,39H,4-7,10-13H2,1-3H3,(H,34,38)/t20-,23+,24+,31-/m0/s1. The van der Waals surface area contributed by atoms with E-state index in [0.717, 1.165) is 27.8 Å². The van der Waals surface area contributed by atoms with Crippen molar-refractivity contribution in [1.82, 2.24) is 14.9 Å². The Labute approximate surface area is 260 Å². The highest BCUT2D eigenvalue weighted by Gasteiger charge is 2.46. The molecule has 7 rings (SSSR count). The van der Waals surface area contributed by atoms with Crippen LogP contribution in [0.1, 0.15) is 66.1 Å². The lowest BCUT2D eigenvalue weighted by atomic mass is 9.81. The van der Waals surface area contributed by atoms with Crippen LogP contribution < -0.4 is 10.9 Å². The van der Waals surface area contributed by atoms with Crippen LogP contribution in [-0.2, 0) is 44.2 Å². The molecular formula is C31H32FN3O7S2. The Kier molecular flexibility index (Phi) is 7.42. The number of alkyl carbamates (subject to hydrolysis) is 1. The molecule has 0 spiro atoms. The minimum atomic E-state index is -1.96. The van der Waals surface area contributed by atoms with Crippen molar-refractivity contribution in [3.63, 3.8) is 0 Å². The number of cyclic esters (lactones) is 1. The Balaban J connectivity index is 1.33. The summed E-state index contributed by atoms with van der Waals surface area (Å²) in [7, 11) is 3.35. The van der Waals surface area contributed by atoms with Crippen molar-refractivity contribution in [2.24, 2.45) is 0 Å². The second-order valence-corrected chi connectivity index (χ2v) is 14.5. The molecule has 1 saturated heterocycles. The van der Waals surface area contributed by atoms with Gasteiger partial charge in [0, 0.05) is 28.3 Å². The first-order chi connectivity index (χ1) is 21.2. The van der Waals surface area contributed by atoms with E-state index in [1.165, 1.54) is 6.07 Å². The minimum Gasteiger partial charge on any atom is -0.458 e. The molecule has 2 aromatic heterocycles. The SMILES string of the molecule is CCSS[C@@H]1COC[C@H]1OC(=O)N[C@H]1CCc2c(C)c(F)cc3nc4c(c1c23)Cn1c-4cc2c(c1=O)COC(=O)[C@]2(O)CC. The zero-order valence-corrected chi connectivity index (χ0v) is 26.2. The molecule has 3 aromatic rings. The number of hydrogen-bond donors (Lipinski definition) is 2. The Morgan fingerprint density at radius 3 is 2.84 bits per heavy atom. The summed E-state index contributed by atoms with van der Waals surface area (Å²) in [5, 5.41) is 15.1. The molecule has 232 valence electrons. The van der Waals surface area contributed by atoms with Gasteiger partial charge in [-0.25, -0.2) is 19.0 Å². The maximum atomic E-state index is 15.2. The fourth-order valence-electron chi connectivity index (χ4n) is 6.88. The number of fused-ring (bicyclic) bond motifs is 5. The number of aliphatic hydroxyl groups is 1. The maximum absolute atomic E-state index is 15.2. The number of nitrogens with zero attached hydrogens (tertiary/aromatic N) is 2. The highest BCUT2D eigenvalue weighted by molar-refractivity contribution is 8.76. The monoisotopic (exact) mass is 641 g/mol. The number of amides is 1. The van der Waals surface area contributed by atoms with E-state index in [9.17, 15) is 19.5 Å². The number of benzene rings is 1. The highest BCUT2D eigenvalue weighted by Crippen LogP contribution is 2.46. The zero-order chi connectivity index (χ0) is 30.9. The lowest BCUT2D eigenvalue weighted by Crippen LogP contribution is -2.44. The number of rotatable bonds is 6. The van der Waals surface area contributed by atoms with E-state index < -0.39 is 23.7 Å². The molecule has 0 unspecified atom stereocenters. The number of carbonyl (C=O) groups is 2. The minimum absolute atomic E-state index is 0.0233. The summed E-state index contributed by atoms with van der Waals surface area (Å²) in [6.07, 6.45) is 0.107. The van der Waals surface area contributed by atoms with Gasteiger partial charge in [0.15, 0.2) is 5.60 Å². The summed E-state index contributed by atoms with van der Waals surface area (Å²) in [6.45, 7) is 6.22. The smallest absolute Gasteiger partial charge is 0.408 e. The number of aromatic nitrogens is 2. The second-order valence-electron chi connectivity index (χ2n) is 11.6. The van der Waals surface area contributed by atoms with Crippen LogP contribution in [-0.4, -0.2) is 57.0 Å². The van der Waals surface area contributed by atoms with Crippen molar-refractivity contribution >= 4 is 44.6 Å². The maximum Gasteiger partial charge on any atom is 0.408 e. The van der Waals surface area contributed by atoms with E-state index in [4.69, 9.17) is 19.2 Å². The van der Waals surface area contributed by atoms with E-state index in [-0.39, 0.29) is 53.4 Å². The van der Waals surface area contributed by atoms with Crippen LogP contribution in [0, 0.1) is 12.7 Å². The Morgan fingerprint density at radius 2 is 2.07 bits per heavy atom. The lowest BCUT2D eigenvalue weighted by molar-refractivity contribution is -0.172. The highest BCUT2D eigenvalue weighted by atomic mass is 33.1. The van der Waals surface area contributed by atoms with E-state index in [1.807, 2.05) is 0 Å². The zero-order valence-electron chi connectivity index (χ0n) is 24.5. The largest absolute Gasteiger partial charge is 0.458 e. The van der Waals surface area contributed by atoms with Crippen LogP contribution in [0.15, 0.2) is 16.9 Å². The summed E-state index contributed by atoms with van der Waals surface area (Å²) >= 11 is 0. The average Bonchev–Trinajstić information content (AvgIpc) is 3.61. The van der Waals surface area contributed by atoms with E-state index in [2.05, 4.69) is 12.2 Å². The molecule has 1 amide bonds. The first-order valence-corrected chi connectivity index (χ1v) is 17.2. The third-order valence-corrected chi connectivity index (χ3v) is 12.1. The van der Waals surface area contributed by atoms with Gasteiger partial charge in [-0.15, -0.1) is 0 Å². The van der Waals surface area contributed by atoms with Crippen molar-refractivity contribution < 1.29 is 33.3 Å². The molecule has 2 N–H and O–H groups in total. The van der Waals surface area contributed by atoms with Gasteiger partial charge in [-0.1, -0.05) is 35.4 Å². The molecule has 4 atom stereocenters. The van der Waals surface area contributed by atoms with Crippen LogP contribution in [0.25, 0.3) is 22.3 Å². The van der Waals surface area contributed by atoms with Gasteiger partial charge in [-0.2, -0.15) is 0 Å². The molecule has 1 aromatic carbocycles. The summed E-state index contributed by atoms with van der Waals surface area (Å²) in [5.41, 5.74) is 2.25. The van der Waals surface area contributed by atoms with Gasteiger partial charge in [-0.3, -0.25) is 4.79 Å². The predicted molar refractivity (Wildman–Crippen MR) is 164 cm³/mol. The number of pyridine rings is 2. The third kappa shape index (κ3) is 4.45. The van der Waals surface area contributed by atoms with E-state index in [1.54, 1.807) is 46.1 Å². The quantitative estimate of drug-likeness (QED) is 0.231. The van der Waals surface area contributed by atoms with Crippen molar-refractivity contribution in [3.05, 3.63) is 61.7 Å². The number of nitrogens with one attached hydrogen (secondary N) is 1. The molecule has 13 heteroatoms. The van der Waals surface area contributed by atoms with Gasteiger partial charge in [0.2, 0.25) is 0 Å². The van der Waals surface area contributed by atoms with Crippen LogP contribution in [0.3, 0.4) is 0 Å². The second kappa shape index (κ2) is 11.0. The topological polar surface area (TPSA) is 129 Å². The average molecular weight is 642 g/mol.